The normalized spacial score (nSPS) is 13.4. The van der Waals surface area contributed by atoms with Crippen molar-refractivity contribution >= 4 is 23.2 Å². The molecule has 1 saturated carbocycles. The summed E-state index contributed by atoms with van der Waals surface area (Å²) in [5.74, 6) is 0.335. The van der Waals surface area contributed by atoms with Crippen molar-refractivity contribution in [3.8, 4) is 0 Å². The molecule has 150 valence electrons. The van der Waals surface area contributed by atoms with Crippen molar-refractivity contribution in [2.45, 2.75) is 52.6 Å². The Labute approximate surface area is 172 Å². The van der Waals surface area contributed by atoms with Crippen LogP contribution in [0.1, 0.15) is 48.6 Å². The van der Waals surface area contributed by atoms with Crippen LogP contribution in [0.25, 0.3) is 0 Å². The highest BCUT2D eigenvalue weighted by atomic mass is 32.1. The van der Waals surface area contributed by atoms with Gasteiger partial charge in [0.1, 0.15) is 0 Å². The third-order valence-electron chi connectivity index (χ3n) is 5.22. The number of nitrogens with zero attached hydrogens (tertiary/aromatic N) is 2. The number of carbonyl (C=O) groups excluding carboxylic acids is 2. The highest BCUT2D eigenvalue weighted by molar-refractivity contribution is 7.10. The lowest BCUT2D eigenvalue weighted by Gasteiger charge is -2.28. The Morgan fingerprint density at radius 3 is 2.43 bits per heavy atom. The Bertz CT molecular complexity index is 783. The van der Waals surface area contributed by atoms with E-state index in [2.05, 4.69) is 25.3 Å². The summed E-state index contributed by atoms with van der Waals surface area (Å²) < 4.78 is 0. The van der Waals surface area contributed by atoms with Gasteiger partial charge in [-0.3, -0.25) is 9.59 Å². The summed E-state index contributed by atoms with van der Waals surface area (Å²) in [5.41, 5.74) is 2.33. The van der Waals surface area contributed by atoms with Crippen molar-refractivity contribution in [2.24, 2.45) is 5.92 Å². The Morgan fingerprint density at radius 2 is 1.82 bits per heavy atom. The maximum atomic E-state index is 13.2. The largest absolute Gasteiger partial charge is 0.333 e. The molecule has 1 aromatic carbocycles. The standard InChI is InChI=1S/C23H30N2O2S/c1-3-4-13-24(23(27)20-10-11-20)17-22(26)25(15-19-8-6-5-7-9-19)16-21-18(2)12-14-28-21/h5-9,12,14,20H,3-4,10-11,13,15-17H2,1-2H3. The van der Waals surface area contributed by atoms with E-state index in [9.17, 15) is 9.59 Å². The van der Waals surface area contributed by atoms with E-state index >= 15 is 0 Å². The second kappa shape index (κ2) is 9.87. The average molecular weight is 399 g/mol. The molecule has 5 heteroatoms. The second-order valence-electron chi connectivity index (χ2n) is 7.65. The van der Waals surface area contributed by atoms with E-state index < -0.39 is 0 Å². The van der Waals surface area contributed by atoms with Crippen LogP contribution in [0.4, 0.5) is 0 Å². The molecule has 0 saturated heterocycles. The summed E-state index contributed by atoms with van der Waals surface area (Å²) >= 11 is 1.69. The van der Waals surface area contributed by atoms with Crippen LogP contribution in [-0.2, 0) is 22.7 Å². The predicted octanol–water partition coefficient (Wildman–Crippen LogP) is 4.62. The van der Waals surface area contributed by atoms with Crippen molar-refractivity contribution in [1.82, 2.24) is 9.80 Å². The number of aryl methyl sites for hydroxylation is 1. The minimum Gasteiger partial charge on any atom is -0.333 e. The van der Waals surface area contributed by atoms with Gasteiger partial charge in [0, 0.05) is 23.9 Å². The molecule has 4 nitrogen and oxygen atoms in total. The fourth-order valence-corrected chi connectivity index (χ4v) is 4.16. The van der Waals surface area contributed by atoms with Gasteiger partial charge in [0.2, 0.25) is 11.8 Å². The van der Waals surface area contributed by atoms with Crippen molar-refractivity contribution in [2.75, 3.05) is 13.1 Å². The highest BCUT2D eigenvalue weighted by Crippen LogP contribution is 2.31. The molecule has 1 fully saturated rings. The van der Waals surface area contributed by atoms with Crippen molar-refractivity contribution in [1.29, 1.82) is 0 Å². The van der Waals surface area contributed by atoms with E-state index in [-0.39, 0.29) is 24.3 Å². The van der Waals surface area contributed by atoms with Gasteiger partial charge in [-0.1, -0.05) is 43.7 Å². The molecule has 0 N–H and O–H groups in total. The third kappa shape index (κ3) is 5.68. The minimum atomic E-state index is 0.0294. The van der Waals surface area contributed by atoms with Gasteiger partial charge in [-0.25, -0.2) is 0 Å². The Balaban J connectivity index is 1.73. The number of benzene rings is 1. The molecule has 1 aliphatic carbocycles. The Hall–Kier alpha value is -2.14. The fourth-order valence-electron chi connectivity index (χ4n) is 3.24. The molecule has 3 rings (SSSR count). The van der Waals surface area contributed by atoms with Crippen LogP contribution in [0.15, 0.2) is 41.8 Å². The van der Waals surface area contributed by atoms with E-state index in [1.165, 1.54) is 10.4 Å². The van der Waals surface area contributed by atoms with Crippen LogP contribution in [0.2, 0.25) is 0 Å². The zero-order valence-corrected chi connectivity index (χ0v) is 17.7. The van der Waals surface area contributed by atoms with Gasteiger partial charge in [0.05, 0.1) is 13.1 Å². The lowest BCUT2D eigenvalue weighted by Crippen LogP contribution is -2.43. The predicted molar refractivity (Wildman–Crippen MR) is 114 cm³/mol. The van der Waals surface area contributed by atoms with Crippen LogP contribution in [0.3, 0.4) is 0 Å². The first-order valence-corrected chi connectivity index (χ1v) is 11.1. The van der Waals surface area contributed by atoms with Crippen LogP contribution in [-0.4, -0.2) is 34.7 Å². The van der Waals surface area contributed by atoms with E-state index in [1.807, 2.05) is 35.2 Å². The monoisotopic (exact) mass is 398 g/mol. The lowest BCUT2D eigenvalue weighted by atomic mass is 10.2. The zero-order chi connectivity index (χ0) is 19.9. The summed E-state index contributed by atoms with van der Waals surface area (Å²) in [7, 11) is 0. The third-order valence-corrected chi connectivity index (χ3v) is 6.23. The number of rotatable bonds is 10. The summed E-state index contributed by atoms with van der Waals surface area (Å²) in [6.07, 6.45) is 3.90. The van der Waals surface area contributed by atoms with Crippen LogP contribution >= 0.6 is 11.3 Å². The molecule has 1 aliphatic rings. The molecule has 0 bridgehead atoms. The number of hydrogen-bond donors (Lipinski definition) is 0. The van der Waals surface area contributed by atoms with Gasteiger partial charge in [-0.05, 0) is 48.8 Å². The highest BCUT2D eigenvalue weighted by Gasteiger charge is 2.34. The lowest BCUT2D eigenvalue weighted by molar-refractivity contribution is -0.142. The van der Waals surface area contributed by atoms with Crippen molar-refractivity contribution < 1.29 is 9.59 Å². The van der Waals surface area contributed by atoms with Gasteiger partial charge in [0.25, 0.3) is 0 Å². The molecule has 1 aromatic heterocycles. The average Bonchev–Trinajstić information content (AvgIpc) is 3.48. The van der Waals surface area contributed by atoms with Gasteiger partial charge in [-0.2, -0.15) is 0 Å². The van der Waals surface area contributed by atoms with Crippen LogP contribution < -0.4 is 0 Å². The molecule has 0 spiro atoms. The molecule has 2 aromatic rings. The zero-order valence-electron chi connectivity index (χ0n) is 16.9. The van der Waals surface area contributed by atoms with Crippen molar-refractivity contribution in [3.63, 3.8) is 0 Å². The van der Waals surface area contributed by atoms with Crippen molar-refractivity contribution in [3.05, 3.63) is 57.8 Å². The number of thiophene rings is 1. The van der Waals surface area contributed by atoms with Crippen LogP contribution in [0.5, 0.6) is 0 Å². The molecular formula is C23H30N2O2S. The van der Waals surface area contributed by atoms with E-state index in [0.29, 0.717) is 19.6 Å². The van der Waals surface area contributed by atoms with E-state index in [0.717, 1.165) is 31.2 Å². The molecular weight excluding hydrogens is 368 g/mol. The Morgan fingerprint density at radius 1 is 1.07 bits per heavy atom. The van der Waals surface area contributed by atoms with E-state index in [1.54, 1.807) is 16.2 Å². The van der Waals surface area contributed by atoms with E-state index in [4.69, 9.17) is 0 Å². The first-order valence-electron chi connectivity index (χ1n) is 10.2. The first-order chi connectivity index (χ1) is 13.6. The fraction of sp³-hybridized carbons (Fsp3) is 0.478. The molecule has 0 radical (unpaired) electrons. The van der Waals surface area contributed by atoms with Crippen LogP contribution in [0, 0.1) is 12.8 Å². The number of carbonyl (C=O) groups is 2. The smallest absolute Gasteiger partial charge is 0.242 e. The quantitative estimate of drug-likeness (QED) is 0.586. The topological polar surface area (TPSA) is 40.6 Å². The molecule has 0 unspecified atom stereocenters. The van der Waals surface area contributed by atoms with Gasteiger partial charge in [-0.15, -0.1) is 11.3 Å². The number of amides is 2. The second-order valence-corrected chi connectivity index (χ2v) is 8.65. The maximum Gasteiger partial charge on any atom is 0.242 e. The van der Waals surface area contributed by atoms with Gasteiger partial charge < -0.3 is 9.80 Å². The Kier molecular flexibility index (Phi) is 7.26. The molecule has 0 atom stereocenters. The minimum absolute atomic E-state index is 0.0294. The molecule has 28 heavy (non-hydrogen) atoms. The van der Waals surface area contributed by atoms with Gasteiger partial charge >= 0.3 is 0 Å². The summed E-state index contributed by atoms with van der Waals surface area (Å²) in [6.45, 7) is 6.22. The maximum absolute atomic E-state index is 13.2. The first kappa shape index (κ1) is 20.6. The van der Waals surface area contributed by atoms with Gasteiger partial charge in [0.15, 0.2) is 0 Å². The summed E-state index contributed by atoms with van der Waals surface area (Å²) in [5, 5.41) is 2.07. The molecule has 1 heterocycles. The SMILES string of the molecule is CCCCN(CC(=O)N(Cc1ccccc1)Cc1sccc1C)C(=O)C1CC1. The number of hydrogen-bond acceptors (Lipinski definition) is 3. The molecule has 2 amide bonds. The summed E-state index contributed by atoms with van der Waals surface area (Å²) in [4.78, 5) is 30.8. The number of unbranched alkanes of at least 4 members (excludes halogenated alkanes) is 1. The molecule has 0 aliphatic heterocycles. The summed E-state index contributed by atoms with van der Waals surface area (Å²) in [6, 6.07) is 12.2.